The first-order valence-electron chi connectivity index (χ1n) is 7.95. The van der Waals surface area contributed by atoms with Gasteiger partial charge in [0.05, 0.1) is 17.3 Å². The van der Waals surface area contributed by atoms with E-state index >= 15 is 0 Å². The summed E-state index contributed by atoms with van der Waals surface area (Å²) in [5.41, 5.74) is -0.0975. The SMILES string of the molecule is CC(C)OCCCNCCN1CC(C)(C)OC(C)(C)C1. The van der Waals surface area contributed by atoms with E-state index in [-0.39, 0.29) is 11.2 Å². The van der Waals surface area contributed by atoms with Gasteiger partial charge in [-0.1, -0.05) is 0 Å². The summed E-state index contributed by atoms with van der Waals surface area (Å²) in [5.74, 6) is 0. The van der Waals surface area contributed by atoms with Crippen molar-refractivity contribution in [3.05, 3.63) is 0 Å². The van der Waals surface area contributed by atoms with Crippen molar-refractivity contribution in [2.45, 2.75) is 65.3 Å². The summed E-state index contributed by atoms with van der Waals surface area (Å²) in [5, 5.41) is 3.50. The molecule has 0 amide bonds. The zero-order valence-electron chi connectivity index (χ0n) is 14.3. The fourth-order valence-electron chi connectivity index (χ4n) is 2.98. The van der Waals surface area contributed by atoms with Crippen LogP contribution in [-0.4, -0.2) is 61.5 Å². The summed E-state index contributed by atoms with van der Waals surface area (Å²) >= 11 is 0. The van der Waals surface area contributed by atoms with Crippen molar-refractivity contribution in [1.82, 2.24) is 10.2 Å². The number of rotatable bonds is 8. The number of morpholine rings is 1. The summed E-state index contributed by atoms with van der Waals surface area (Å²) in [4.78, 5) is 2.50. The van der Waals surface area contributed by atoms with Crippen LogP contribution in [0.15, 0.2) is 0 Å². The molecule has 0 atom stereocenters. The maximum absolute atomic E-state index is 6.09. The Bertz CT molecular complexity index is 262. The largest absolute Gasteiger partial charge is 0.379 e. The lowest BCUT2D eigenvalue weighted by Gasteiger charge is -2.47. The molecule has 0 spiro atoms. The molecule has 1 N–H and O–H groups in total. The van der Waals surface area contributed by atoms with Crippen LogP contribution in [0, 0.1) is 0 Å². The summed E-state index contributed by atoms with van der Waals surface area (Å²) < 4.78 is 11.6. The van der Waals surface area contributed by atoms with Gasteiger partial charge in [0.25, 0.3) is 0 Å². The Morgan fingerprint density at radius 1 is 1.10 bits per heavy atom. The predicted molar refractivity (Wildman–Crippen MR) is 84.3 cm³/mol. The fourth-order valence-corrected chi connectivity index (χ4v) is 2.98. The number of hydrogen-bond donors (Lipinski definition) is 1. The van der Waals surface area contributed by atoms with Gasteiger partial charge >= 0.3 is 0 Å². The molecule has 1 rings (SSSR count). The fraction of sp³-hybridized carbons (Fsp3) is 1.00. The first-order chi connectivity index (χ1) is 9.20. The molecule has 0 radical (unpaired) electrons. The lowest BCUT2D eigenvalue weighted by molar-refractivity contribution is -0.180. The van der Waals surface area contributed by atoms with E-state index < -0.39 is 0 Å². The second kappa shape index (κ2) is 7.74. The van der Waals surface area contributed by atoms with E-state index in [2.05, 4.69) is 51.8 Å². The third-order valence-corrected chi connectivity index (χ3v) is 3.32. The molecule has 0 unspecified atom stereocenters. The van der Waals surface area contributed by atoms with E-state index in [0.717, 1.165) is 45.8 Å². The monoisotopic (exact) mass is 286 g/mol. The highest BCUT2D eigenvalue weighted by Crippen LogP contribution is 2.27. The smallest absolute Gasteiger partial charge is 0.0760 e. The van der Waals surface area contributed by atoms with Crippen molar-refractivity contribution in [2.24, 2.45) is 0 Å². The highest BCUT2D eigenvalue weighted by Gasteiger charge is 2.37. The van der Waals surface area contributed by atoms with E-state index in [1.54, 1.807) is 0 Å². The van der Waals surface area contributed by atoms with Gasteiger partial charge in [-0.3, -0.25) is 4.90 Å². The predicted octanol–water partition coefficient (Wildman–Crippen LogP) is 2.28. The Morgan fingerprint density at radius 2 is 1.70 bits per heavy atom. The van der Waals surface area contributed by atoms with Gasteiger partial charge in [-0.2, -0.15) is 0 Å². The van der Waals surface area contributed by atoms with Gasteiger partial charge in [0, 0.05) is 32.8 Å². The summed E-state index contributed by atoms with van der Waals surface area (Å²) in [7, 11) is 0. The molecule has 0 aromatic heterocycles. The Labute approximate surface area is 125 Å². The number of ether oxygens (including phenoxy) is 2. The topological polar surface area (TPSA) is 33.7 Å². The summed E-state index contributed by atoms with van der Waals surface area (Å²) in [6.07, 6.45) is 1.42. The third-order valence-electron chi connectivity index (χ3n) is 3.32. The molecule has 1 aliphatic rings. The molecule has 20 heavy (non-hydrogen) atoms. The Kier molecular flexibility index (Phi) is 6.92. The zero-order chi connectivity index (χ0) is 15.2. The number of nitrogens with one attached hydrogen (secondary N) is 1. The van der Waals surface area contributed by atoms with Crippen molar-refractivity contribution in [2.75, 3.05) is 39.3 Å². The maximum Gasteiger partial charge on any atom is 0.0760 e. The minimum Gasteiger partial charge on any atom is -0.379 e. The molecule has 0 bridgehead atoms. The van der Waals surface area contributed by atoms with Gasteiger partial charge in [0.15, 0.2) is 0 Å². The van der Waals surface area contributed by atoms with Crippen LogP contribution in [-0.2, 0) is 9.47 Å². The molecule has 0 aromatic carbocycles. The molecule has 120 valence electrons. The number of hydrogen-bond acceptors (Lipinski definition) is 4. The lowest BCUT2D eigenvalue weighted by atomic mass is 9.99. The first-order valence-corrected chi connectivity index (χ1v) is 7.95. The number of nitrogens with zero attached hydrogens (tertiary/aromatic N) is 1. The van der Waals surface area contributed by atoms with E-state index in [9.17, 15) is 0 Å². The standard InChI is InChI=1S/C16H34N2O2/c1-14(2)19-11-7-8-17-9-10-18-12-15(3,4)20-16(5,6)13-18/h14,17H,7-13H2,1-6H3. The second-order valence-electron chi connectivity index (χ2n) is 7.36. The first kappa shape index (κ1) is 17.9. The molecule has 1 heterocycles. The van der Waals surface area contributed by atoms with Gasteiger partial charge < -0.3 is 14.8 Å². The van der Waals surface area contributed by atoms with E-state index in [0.29, 0.717) is 6.10 Å². The van der Waals surface area contributed by atoms with Crippen molar-refractivity contribution < 1.29 is 9.47 Å². The third kappa shape index (κ3) is 7.58. The summed E-state index contributed by atoms with van der Waals surface area (Å²) in [6, 6.07) is 0. The van der Waals surface area contributed by atoms with Crippen LogP contribution in [0.5, 0.6) is 0 Å². The summed E-state index contributed by atoms with van der Waals surface area (Å²) in [6.45, 7) is 18.9. The van der Waals surface area contributed by atoms with Crippen molar-refractivity contribution >= 4 is 0 Å². The van der Waals surface area contributed by atoms with E-state index in [1.807, 2.05) is 0 Å². The minimum absolute atomic E-state index is 0.0488. The molecular weight excluding hydrogens is 252 g/mol. The minimum atomic E-state index is -0.0488. The van der Waals surface area contributed by atoms with Crippen LogP contribution in [0.4, 0.5) is 0 Å². The Morgan fingerprint density at radius 3 is 2.25 bits per heavy atom. The highest BCUT2D eigenvalue weighted by molar-refractivity contribution is 4.89. The van der Waals surface area contributed by atoms with Crippen LogP contribution >= 0.6 is 0 Å². The molecule has 4 nitrogen and oxygen atoms in total. The van der Waals surface area contributed by atoms with Crippen molar-refractivity contribution in [3.8, 4) is 0 Å². The van der Waals surface area contributed by atoms with Crippen LogP contribution in [0.25, 0.3) is 0 Å². The van der Waals surface area contributed by atoms with Crippen LogP contribution in [0.1, 0.15) is 48.0 Å². The van der Waals surface area contributed by atoms with Crippen molar-refractivity contribution in [1.29, 1.82) is 0 Å². The Hall–Kier alpha value is -0.160. The van der Waals surface area contributed by atoms with Crippen LogP contribution < -0.4 is 5.32 Å². The van der Waals surface area contributed by atoms with Gasteiger partial charge in [-0.15, -0.1) is 0 Å². The van der Waals surface area contributed by atoms with Crippen molar-refractivity contribution in [3.63, 3.8) is 0 Å². The van der Waals surface area contributed by atoms with Crippen LogP contribution in [0.2, 0.25) is 0 Å². The lowest BCUT2D eigenvalue weighted by Crippen LogP contribution is -2.58. The molecule has 0 aromatic rings. The maximum atomic E-state index is 6.09. The molecule has 0 aliphatic carbocycles. The average molecular weight is 286 g/mol. The Balaban J connectivity index is 2.12. The van der Waals surface area contributed by atoms with Crippen LogP contribution in [0.3, 0.4) is 0 Å². The molecule has 1 aliphatic heterocycles. The highest BCUT2D eigenvalue weighted by atomic mass is 16.5. The molecule has 4 heteroatoms. The molecule has 1 fully saturated rings. The van der Waals surface area contributed by atoms with Gasteiger partial charge in [0.1, 0.15) is 0 Å². The molecule has 0 saturated carbocycles. The van der Waals surface area contributed by atoms with E-state index in [1.165, 1.54) is 0 Å². The van der Waals surface area contributed by atoms with Gasteiger partial charge in [0.2, 0.25) is 0 Å². The quantitative estimate of drug-likeness (QED) is 0.694. The second-order valence-corrected chi connectivity index (χ2v) is 7.36. The average Bonchev–Trinajstić information content (AvgIpc) is 2.22. The van der Waals surface area contributed by atoms with Gasteiger partial charge in [-0.25, -0.2) is 0 Å². The molecule has 1 saturated heterocycles. The van der Waals surface area contributed by atoms with E-state index in [4.69, 9.17) is 9.47 Å². The van der Waals surface area contributed by atoms with Gasteiger partial charge in [-0.05, 0) is 54.5 Å². The zero-order valence-corrected chi connectivity index (χ0v) is 14.3. The molecular formula is C16H34N2O2. The normalized spacial score (nSPS) is 22.4.